The van der Waals surface area contributed by atoms with Crippen molar-refractivity contribution in [3.8, 4) is 11.5 Å². The smallest absolute Gasteiger partial charge is 0.419 e. The second-order valence-electron chi connectivity index (χ2n) is 5.88. The second-order valence-corrected chi connectivity index (χ2v) is 6.20. The van der Waals surface area contributed by atoms with E-state index >= 15 is 0 Å². The minimum atomic E-state index is -0.598. The van der Waals surface area contributed by atoms with Gasteiger partial charge in [0, 0.05) is 5.39 Å². The van der Waals surface area contributed by atoms with Gasteiger partial charge in [-0.15, -0.1) is 0 Å². The van der Waals surface area contributed by atoms with E-state index in [9.17, 15) is 4.79 Å². The van der Waals surface area contributed by atoms with Gasteiger partial charge >= 0.3 is 6.09 Å². The number of carbonyl (C=O) groups is 1. The molecule has 3 aromatic rings. The maximum absolute atomic E-state index is 12.6. The van der Waals surface area contributed by atoms with Gasteiger partial charge in [-0.1, -0.05) is 18.2 Å². The minimum Gasteiger partial charge on any atom is -0.443 e. The van der Waals surface area contributed by atoms with Gasteiger partial charge in [0.1, 0.15) is 5.60 Å². The molecule has 3 rings (SSSR count). The third-order valence-electron chi connectivity index (χ3n) is 3.02. The molecule has 0 spiro atoms. The Morgan fingerprint density at radius 2 is 2.05 bits per heavy atom. The van der Waals surface area contributed by atoms with Crippen molar-refractivity contribution < 1.29 is 13.9 Å². The first kappa shape index (κ1) is 14.7. The number of hydrogen-bond acceptors (Lipinski definition) is 4. The number of oxazole rings is 1. The first-order valence-electron chi connectivity index (χ1n) is 6.81. The van der Waals surface area contributed by atoms with Crippen LogP contribution in [0.3, 0.4) is 0 Å². The molecular weight excluding hydrogens is 304 g/mol. The van der Waals surface area contributed by atoms with Crippen LogP contribution in [-0.4, -0.2) is 21.2 Å². The van der Waals surface area contributed by atoms with E-state index in [1.54, 1.807) is 0 Å². The SMILES string of the molecule is CC(C)(C)OC(=O)n1c(-c2cnc(Cl)o2)cc2ccccc21. The molecule has 6 heteroatoms. The summed E-state index contributed by atoms with van der Waals surface area (Å²) in [6, 6.07) is 9.37. The summed E-state index contributed by atoms with van der Waals surface area (Å²) in [7, 11) is 0. The summed E-state index contributed by atoms with van der Waals surface area (Å²) < 4.78 is 12.3. The van der Waals surface area contributed by atoms with E-state index in [0.717, 1.165) is 10.9 Å². The Morgan fingerprint density at radius 1 is 1.32 bits per heavy atom. The quantitative estimate of drug-likeness (QED) is 0.650. The molecular formula is C16H15ClN2O3. The highest BCUT2D eigenvalue weighted by molar-refractivity contribution is 6.27. The van der Waals surface area contributed by atoms with Crippen molar-refractivity contribution in [1.82, 2.24) is 9.55 Å². The van der Waals surface area contributed by atoms with E-state index in [1.807, 2.05) is 51.1 Å². The summed E-state index contributed by atoms with van der Waals surface area (Å²) in [5.41, 5.74) is 0.688. The molecule has 5 nitrogen and oxygen atoms in total. The Hall–Kier alpha value is -2.27. The summed E-state index contributed by atoms with van der Waals surface area (Å²) in [6.07, 6.45) is 1.01. The van der Waals surface area contributed by atoms with Crippen molar-refractivity contribution in [3.05, 3.63) is 41.9 Å². The van der Waals surface area contributed by atoms with E-state index in [2.05, 4.69) is 4.98 Å². The van der Waals surface area contributed by atoms with Gasteiger partial charge in [-0.05, 0) is 44.5 Å². The van der Waals surface area contributed by atoms with E-state index < -0.39 is 11.7 Å². The molecule has 114 valence electrons. The van der Waals surface area contributed by atoms with Crippen molar-refractivity contribution in [2.24, 2.45) is 0 Å². The molecule has 0 unspecified atom stereocenters. The van der Waals surface area contributed by atoms with Crippen molar-refractivity contribution in [2.75, 3.05) is 0 Å². The van der Waals surface area contributed by atoms with Crippen molar-refractivity contribution in [3.63, 3.8) is 0 Å². The molecule has 0 radical (unpaired) electrons. The molecule has 0 saturated carbocycles. The number of benzene rings is 1. The van der Waals surface area contributed by atoms with Gasteiger partial charge in [0.25, 0.3) is 5.35 Å². The summed E-state index contributed by atoms with van der Waals surface area (Å²) in [5, 5.41) is 0.923. The minimum absolute atomic E-state index is 0.0241. The molecule has 1 aromatic carbocycles. The lowest BCUT2D eigenvalue weighted by Gasteiger charge is -2.20. The van der Waals surface area contributed by atoms with Crippen LogP contribution in [0.2, 0.25) is 5.35 Å². The highest BCUT2D eigenvalue weighted by Crippen LogP contribution is 2.30. The molecule has 0 fully saturated rings. The van der Waals surface area contributed by atoms with Gasteiger partial charge in [0.2, 0.25) is 0 Å². The third-order valence-corrected chi connectivity index (χ3v) is 3.19. The Labute approximate surface area is 132 Å². The molecule has 0 saturated heterocycles. The molecule has 2 aromatic heterocycles. The summed E-state index contributed by atoms with van der Waals surface area (Å²) >= 11 is 5.74. The monoisotopic (exact) mass is 318 g/mol. The zero-order valence-corrected chi connectivity index (χ0v) is 13.2. The lowest BCUT2D eigenvalue weighted by atomic mass is 10.2. The lowest BCUT2D eigenvalue weighted by molar-refractivity contribution is 0.0546. The topological polar surface area (TPSA) is 57.3 Å². The van der Waals surface area contributed by atoms with Gasteiger partial charge in [-0.2, -0.15) is 0 Å². The van der Waals surface area contributed by atoms with Crippen LogP contribution >= 0.6 is 11.6 Å². The van der Waals surface area contributed by atoms with Crippen LogP contribution in [0.5, 0.6) is 0 Å². The number of halogens is 1. The maximum Gasteiger partial charge on any atom is 0.419 e. The Kier molecular flexibility index (Phi) is 3.45. The zero-order chi connectivity index (χ0) is 15.9. The summed E-state index contributed by atoms with van der Waals surface area (Å²) in [6.45, 7) is 5.46. The molecule has 22 heavy (non-hydrogen) atoms. The van der Waals surface area contributed by atoms with Crippen LogP contribution in [0.25, 0.3) is 22.4 Å². The first-order chi connectivity index (χ1) is 10.3. The molecule has 0 aliphatic rings. The summed E-state index contributed by atoms with van der Waals surface area (Å²) in [4.78, 5) is 16.5. The van der Waals surface area contributed by atoms with Gasteiger partial charge in [0.05, 0.1) is 17.4 Å². The fourth-order valence-corrected chi connectivity index (χ4v) is 2.34. The molecule has 0 aliphatic heterocycles. The van der Waals surface area contributed by atoms with Gasteiger partial charge < -0.3 is 9.15 Å². The largest absolute Gasteiger partial charge is 0.443 e. The number of rotatable bonds is 1. The van der Waals surface area contributed by atoms with Crippen LogP contribution in [-0.2, 0) is 4.74 Å². The third kappa shape index (κ3) is 2.72. The first-order valence-corrected chi connectivity index (χ1v) is 7.18. The molecule has 0 amide bonds. The van der Waals surface area contributed by atoms with Crippen LogP contribution in [0.4, 0.5) is 4.79 Å². The second kappa shape index (κ2) is 5.18. The fraction of sp³-hybridized carbons (Fsp3) is 0.250. The van der Waals surface area contributed by atoms with E-state index in [-0.39, 0.29) is 5.35 Å². The van der Waals surface area contributed by atoms with Crippen molar-refractivity contribution in [1.29, 1.82) is 0 Å². The number of nitrogens with zero attached hydrogens (tertiary/aromatic N) is 2. The van der Waals surface area contributed by atoms with Gasteiger partial charge in [-0.3, -0.25) is 0 Å². The predicted molar refractivity (Wildman–Crippen MR) is 84.1 cm³/mol. The number of para-hydroxylation sites is 1. The van der Waals surface area contributed by atoms with E-state index in [1.165, 1.54) is 10.8 Å². The highest BCUT2D eigenvalue weighted by Gasteiger charge is 2.24. The Bertz CT molecular complexity index is 843. The normalized spacial score (nSPS) is 11.8. The number of hydrogen-bond donors (Lipinski definition) is 0. The molecule has 0 bridgehead atoms. The lowest BCUT2D eigenvalue weighted by Crippen LogP contribution is -2.27. The van der Waals surface area contributed by atoms with Crippen molar-refractivity contribution in [2.45, 2.75) is 26.4 Å². The number of aromatic nitrogens is 2. The van der Waals surface area contributed by atoms with Crippen LogP contribution in [0, 0.1) is 0 Å². The van der Waals surface area contributed by atoms with Crippen LogP contribution in [0.15, 0.2) is 40.9 Å². The molecule has 0 N–H and O–H groups in total. The predicted octanol–water partition coefficient (Wildman–Crippen LogP) is 4.73. The zero-order valence-electron chi connectivity index (χ0n) is 12.5. The number of fused-ring (bicyclic) bond motifs is 1. The van der Waals surface area contributed by atoms with Crippen molar-refractivity contribution >= 4 is 28.6 Å². The standard InChI is InChI=1S/C16H15ClN2O3/c1-16(2,3)22-15(20)19-11-7-5-4-6-10(11)8-12(19)13-9-18-14(17)21-13/h4-9H,1-3H3. The Balaban J connectivity index is 2.19. The molecule has 0 atom stereocenters. The maximum atomic E-state index is 12.6. The van der Waals surface area contributed by atoms with Crippen LogP contribution < -0.4 is 0 Å². The van der Waals surface area contributed by atoms with E-state index in [0.29, 0.717) is 11.5 Å². The average Bonchev–Trinajstić information content (AvgIpc) is 2.99. The van der Waals surface area contributed by atoms with Gasteiger partial charge in [-0.25, -0.2) is 14.3 Å². The fourth-order valence-electron chi connectivity index (χ4n) is 2.21. The molecule has 0 aliphatic carbocycles. The van der Waals surface area contributed by atoms with E-state index in [4.69, 9.17) is 20.8 Å². The highest BCUT2D eigenvalue weighted by atomic mass is 35.5. The molecule has 2 heterocycles. The number of carbonyl (C=O) groups excluding carboxylic acids is 1. The van der Waals surface area contributed by atoms with Crippen LogP contribution in [0.1, 0.15) is 20.8 Å². The average molecular weight is 319 g/mol. The summed E-state index contributed by atoms with van der Waals surface area (Å²) in [5.74, 6) is 0.409. The van der Waals surface area contributed by atoms with Gasteiger partial charge in [0.15, 0.2) is 5.76 Å². The number of ether oxygens (including phenoxy) is 1. The Morgan fingerprint density at radius 3 is 2.68 bits per heavy atom.